The minimum Gasteiger partial charge on any atom is -0.330 e. The minimum absolute atomic E-state index is 0.309. The fourth-order valence-corrected chi connectivity index (χ4v) is 2.55. The van der Waals surface area contributed by atoms with Crippen molar-refractivity contribution in [2.24, 2.45) is 11.7 Å². The van der Waals surface area contributed by atoms with Crippen LogP contribution in [0, 0.1) is 5.92 Å². The summed E-state index contributed by atoms with van der Waals surface area (Å²) in [4.78, 5) is 11.1. The van der Waals surface area contributed by atoms with Crippen LogP contribution in [-0.4, -0.2) is 41.5 Å². The third-order valence-electron chi connectivity index (χ3n) is 3.40. The first-order valence-electron chi connectivity index (χ1n) is 5.96. The Morgan fingerprint density at radius 3 is 2.88 bits per heavy atom. The quantitative estimate of drug-likeness (QED) is 0.821. The van der Waals surface area contributed by atoms with Crippen molar-refractivity contribution in [2.75, 3.05) is 26.7 Å². The standard InChI is InChI=1S/C12H20N4/c1-16-7-2-4-10(9-16)11(8-13)12-14-5-3-6-15-12/h3,5-6,10-11H,2,4,7-9,13H2,1H3. The summed E-state index contributed by atoms with van der Waals surface area (Å²) in [7, 11) is 2.17. The highest BCUT2D eigenvalue weighted by Gasteiger charge is 2.27. The highest BCUT2D eigenvalue weighted by atomic mass is 15.1. The van der Waals surface area contributed by atoms with E-state index in [1.54, 1.807) is 12.4 Å². The Kier molecular flexibility index (Phi) is 3.85. The highest BCUT2D eigenvalue weighted by Crippen LogP contribution is 2.28. The summed E-state index contributed by atoms with van der Waals surface area (Å²) in [5.74, 6) is 1.82. The average molecular weight is 220 g/mol. The molecular weight excluding hydrogens is 200 g/mol. The van der Waals surface area contributed by atoms with Gasteiger partial charge in [-0.25, -0.2) is 9.97 Å². The van der Waals surface area contributed by atoms with Gasteiger partial charge in [0.05, 0.1) is 0 Å². The van der Waals surface area contributed by atoms with E-state index in [-0.39, 0.29) is 0 Å². The number of hydrogen-bond acceptors (Lipinski definition) is 4. The van der Waals surface area contributed by atoms with Crippen molar-refractivity contribution in [3.05, 3.63) is 24.3 Å². The smallest absolute Gasteiger partial charge is 0.132 e. The maximum atomic E-state index is 5.88. The topological polar surface area (TPSA) is 55.0 Å². The fraction of sp³-hybridized carbons (Fsp3) is 0.667. The highest BCUT2D eigenvalue weighted by molar-refractivity contribution is 5.01. The molecule has 0 radical (unpaired) electrons. The lowest BCUT2D eigenvalue weighted by atomic mass is 9.85. The first-order valence-corrected chi connectivity index (χ1v) is 5.96. The molecule has 1 fully saturated rings. The Balaban J connectivity index is 2.10. The molecule has 4 nitrogen and oxygen atoms in total. The number of hydrogen-bond donors (Lipinski definition) is 1. The van der Waals surface area contributed by atoms with Gasteiger partial charge in [0.1, 0.15) is 5.82 Å². The monoisotopic (exact) mass is 220 g/mol. The molecule has 1 aliphatic rings. The van der Waals surface area contributed by atoms with Crippen LogP contribution >= 0.6 is 0 Å². The number of likely N-dealkylation sites (tertiary alicyclic amines) is 1. The Hall–Kier alpha value is -1.00. The molecule has 4 heteroatoms. The van der Waals surface area contributed by atoms with Gasteiger partial charge in [-0.1, -0.05) is 0 Å². The summed E-state index contributed by atoms with van der Waals surface area (Å²) in [6, 6.07) is 1.85. The van der Waals surface area contributed by atoms with Crippen LogP contribution in [0.3, 0.4) is 0 Å². The second-order valence-electron chi connectivity index (χ2n) is 4.61. The predicted molar refractivity (Wildman–Crippen MR) is 64.0 cm³/mol. The lowest BCUT2D eigenvalue weighted by Crippen LogP contribution is -2.37. The second-order valence-corrected chi connectivity index (χ2v) is 4.61. The van der Waals surface area contributed by atoms with Gasteiger partial charge >= 0.3 is 0 Å². The van der Waals surface area contributed by atoms with Gasteiger partial charge in [-0.15, -0.1) is 0 Å². The Bertz CT molecular complexity index is 314. The largest absolute Gasteiger partial charge is 0.330 e. The van der Waals surface area contributed by atoms with Gasteiger partial charge in [-0.3, -0.25) is 0 Å². The molecule has 2 rings (SSSR count). The van der Waals surface area contributed by atoms with Crippen LogP contribution in [-0.2, 0) is 0 Å². The van der Waals surface area contributed by atoms with Gasteiger partial charge < -0.3 is 10.6 Å². The summed E-state index contributed by atoms with van der Waals surface area (Å²) >= 11 is 0. The number of rotatable bonds is 3. The van der Waals surface area contributed by atoms with Gasteiger partial charge in [0.2, 0.25) is 0 Å². The Morgan fingerprint density at radius 2 is 2.25 bits per heavy atom. The zero-order valence-electron chi connectivity index (χ0n) is 9.84. The number of nitrogens with zero attached hydrogens (tertiary/aromatic N) is 3. The molecule has 1 aromatic rings. The summed E-state index contributed by atoms with van der Waals surface area (Å²) in [6.45, 7) is 2.95. The molecule has 88 valence electrons. The molecule has 0 saturated carbocycles. The van der Waals surface area contributed by atoms with Gasteiger partial charge in [0, 0.05) is 31.4 Å². The third kappa shape index (κ3) is 2.57. The zero-order valence-corrected chi connectivity index (χ0v) is 9.84. The molecule has 1 aliphatic heterocycles. The van der Waals surface area contributed by atoms with Crippen LogP contribution in [0.4, 0.5) is 0 Å². The molecule has 0 bridgehead atoms. The van der Waals surface area contributed by atoms with Crippen LogP contribution in [0.5, 0.6) is 0 Å². The number of nitrogens with two attached hydrogens (primary N) is 1. The average Bonchev–Trinajstić information content (AvgIpc) is 2.31. The van der Waals surface area contributed by atoms with Crippen molar-refractivity contribution in [2.45, 2.75) is 18.8 Å². The predicted octanol–water partition coefficient (Wildman–Crippen LogP) is 0.861. The second kappa shape index (κ2) is 5.37. The van der Waals surface area contributed by atoms with Gasteiger partial charge in [0.15, 0.2) is 0 Å². The van der Waals surface area contributed by atoms with Crippen LogP contribution in [0.25, 0.3) is 0 Å². The van der Waals surface area contributed by atoms with E-state index in [1.165, 1.54) is 19.4 Å². The van der Waals surface area contributed by atoms with Gasteiger partial charge in [0.25, 0.3) is 0 Å². The van der Waals surface area contributed by atoms with Crippen LogP contribution < -0.4 is 5.73 Å². The third-order valence-corrected chi connectivity index (χ3v) is 3.40. The van der Waals surface area contributed by atoms with E-state index < -0.39 is 0 Å². The normalized spacial score (nSPS) is 24.2. The van der Waals surface area contributed by atoms with E-state index in [1.807, 2.05) is 6.07 Å². The molecular formula is C12H20N4. The van der Waals surface area contributed by atoms with E-state index in [2.05, 4.69) is 21.9 Å². The van der Waals surface area contributed by atoms with Crippen molar-refractivity contribution in [3.8, 4) is 0 Å². The molecule has 1 saturated heterocycles. The van der Waals surface area contributed by atoms with Crippen LogP contribution in [0.2, 0.25) is 0 Å². The molecule has 2 N–H and O–H groups in total. The van der Waals surface area contributed by atoms with Crippen molar-refractivity contribution < 1.29 is 0 Å². The summed E-state index contributed by atoms with van der Waals surface area (Å²) < 4.78 is 0. The van der Waals surface area contributed by atoms with Gasteiger partial charge in [-0.2, -0.15) is 0 Å². The molecule has 2 atom stereocenters. The maximum Gasteiger partial charge on any atom is 0.132 e. The molecule has 2 heterocycles. The number of aromatic nitrogens is 2. The van der Waals surface area contributed by atoms with Crippen molar-refractivity contribution in [1.29, 1.82) is 0 Å². The molecule has 0 amide bonds. The molecule has 0 aromatic carbocycles. The number of piperidine rings is 1. The first-order chi connectivity index (χ1) is 7.81. The van der Waals surface area contributed by atoms with Crippen molar-refractivity contribution in [3.63, 3.8) is 0 Å². The fourth-order valence-electron chi connectivity index (χ4n) is 2.55. The summed E-state index contributed by atoms with van der Waals surface area (Å²) in [6.07, 6.45) is 6.10. The lowest BCUT2D eigenvalue weighted by molar-refractivity contribution is 0.185. The van der Waals surface area contributed by atoms with E-state index in [4.69, 9.17) is 5.73 Å². The summed E-state index contributed by atoms with van der Waals surface area (Å²) in [5.41, 5.74) is 5.88. The molecule has 2 unspecified atom stereocenters. The molecule has 0 aliphatic carbocycles. The van der Waals surface area contributed by atoms with Crippen LogP contribution in [0.1, 0.15) is 24.6 Å². The lowest BCUT2D eigenvalue weighted by Gasteiger charge is -2.33. The van der Waals surface area contributed by atoms with Crippen LogP contribution in [0.15, 0.2) is 18.5 Å². The Morgan fingerprint density at radius 1 is 1.50 bits per heavy atom. The Labute approximate surface area is 96.9 Å². The minimum atomic E-state index is 0.309. The molecule has 16 heavy (non-hydrogen) atoms. The summed E-state index contributed by atoms with van der Waals surface area (Å²) in [5, 5.41) is 0. The van der Waals surface area contributed by atoms with Crippen molar-refractivity contribution >= 4 is 0 Å². The van der Waals surface area contributed by atoms with Gasteiger partial charge in [-0.05, 0) is 38.4 Å². The van der Waals surface area contributed by atoms with E-state index >= 15 is 0 Å². The zero-order chi connectivity index (χ0) is 11.4. The molecule has 1 aromatic heterocycles. The first kappa shape index (κ1) is 11.5. The van der Waals surface area contributed by atoms with E-state index in [9.17, 15) is 0 Å². The van der Waals surface area contributed by atoms with Crippen molar-refractivity contribution in [1.82, 2.24) is 14.9 Å². The SMILES string of the molecule is CN1CCCC(C(CN)c2ncccn2)C1. The van der Waals surface area contributed by atoms with E-state index in [0.29, 0.717) is 18.4 Å². The maximum absolute atomic E-state index is 5.88. The molecule has 0 spiro atoms. The van der Waals surface area contributed by atoms with E-state index in [0.717, 1.165) is 12.4 Å².